The predicted octanol–water partition coefficient (Wildman–Crippen LogP) is 1.94. The van der Waals surface area contributed by atoms with Gasteiger partial charge in [-0.3, -0.25) is 0 Å². The second-order valence-corrected chi connectivity index (χ2v) is 5.23. The zero-order valence-electron chi connectivity index (χ0n) is 11.0. The van der Waals surface area contributed by atoms with Gasteiger partial charge in [-0.2, -0.15) is 0 Å². The van der Waals surface area contributed by atoms with E-state index >= 15 is 0 Å². The van der Waals surface area contributed by atoms with E-state index in [0.29, 0.717) is 25.2 Å². The lowest BCUT2D eigenvalue weighted by Gasteiger charge is -2.16. The number of nitrogens with one attached hydrogen (secondary N) is 1. The Morgan fingerprint density at radius 1 is 1.56 bits per heavy atom. The maximum absolute atomic E-state index is 9.75. The monoisotopic (exact) mass is 253 g/mol. The quantitative estimate of drug-likeness (QED) is 0.706. The van der Waals surface area contributed by atoms with Gasteiger partial charge in [0.05, 0.1) is 19.0 Å². The van der Waals surface area contributed by atoms with E-state index in [9.17, 15) is 5.11 Å². The molecule has 0 bridgehead atoms. The van der Waals surface area contributed by atoms with E-state index in [2.05, 4.69) is 12.2 Å². The van der Waals surface area contributed by atoms with Crippen molar-refractivity contribution in [1.82, 2.24) is 5.32 Å². The van der Waals surface area contributed by atoms with Crippen molar-refractivity contribution in [3.05, 3.63) is 24.2 Å². The van der Waals surface area contributed by atoms with Gasteiger partial charge in [0.2, 0.25) is 0 Å². The molecule has 0 amide bonds. The third-order valence-electron chi connectivity index (χ3n) is 3.72. The topological polar surface area (TPSA) is 54.6 Å². The van der Waals surface area contributed by atoms with Gasteiger partial charge >= 0.3 is 0 Å². The molecular formula is C14H23NO3. The molecule has 0 saturated heterocycles. The molecule has 1 aromatic rings. The molecule has 1 aliphatic rings. The Morgan fingerprint density at radius 2 is 2.39 bits per heavy atom. The zero-order chi connectivity index (χ0) is 12.8. The van der Waals surface area contributed by atoms with E-state index in [1.54, 1.807) is 6.26 Å². The first-order chi connectivity index (χ1) is 8.74. The number of rotatable bonds is 9. The average molecular weight is 253 g/mol. The highest BCUT2D eigenvalue weighted by atomic mass is 16.5. The molecule has 102 valence electrons. The minimum absolute atomic E-state index is 0.340. The van der Waals surface area contributed by atoms with Crippen molar-refractivity contribution < 1.29 is 14.3 Å². The summed E-state index contributed by atoms with van der Waals surface area (Å²) < 4.78 is 10.5. The van der Waals surface area contributed by atoms with Crippen molar-refractivity contribution >= 4 is 0 Å². The van der Waals surface area contributed by atoms with Crippen molar-refractivity contribution in [1.29, 1.82) is 0 Å². The van der Waals surface area contributed by atoms with Crippen LogP contribution >= 0.6 is 0 Å². The van der Waals surface area contributed by atoms with Crippen molar-refractivity contribution in [2.75, 3.05) is 19.7 Å². The van der Waals surface area contributed by atoms with Crippen LogP contribution in [0.2, 0.25) is 0 Å². The van der Waals surface area contributed by atoms with Gasteiger partial charge in [-0.05, 0) is 36.8 Å². The molecule has 2 N–H and O–H groups in total. The summed E-state index contributed by atoms with van der Waals surface area (Å²) in [5, 5.41) is 13.1. The molecule has 1 saturated carbocycles. The Morgan fingerprint density at radius 3 is 3.00 bits per heavy atom. The summed E-state index contributed by atoms with van der Waals surface area (Å²) in [7, 11) is 0. The molecule has 4 heteroatoms. The van der Waals surface area contributed by atoms with Gasteiger partial charge in [-0.1, -0.05) is 6.92 Å². The van der Waals surface area contributed by atoms with Gasteiger partial charge in [0.1, 0.15) is 12.4 Å². The molecule has 0 radical (unpaired) electrons. The summed E-state index contributed by atoms with van der Waals surface area (Å²) in [5.41, 5.74) is 0.523. The molecular weight excluding hydrogens is 230 g/mol. The molecule has 1 aromatic heterocycles. The van der Waals surface area contributed by atoms with Gasteiger partial charge in [0.25, 0.3) is 0 Å². The lowest BCUT2D eigenvalue weighted by atomic mass is 10.0. The minimum atomic E-state index is -0.451. The minimum Gasteiger partial charge on any atom is -0.467 e. The van der Waals surface area contributed by atoms with E-state index in [0.717, 1.165) is 12.3 Å². The fourth-order valence-electron chi connectivity index (χ4n) is 2.09. The Balaban J connectivity index is 1.51. The molecule has 0 aliphatic heterocycles. The van der Waals surface area contributed by atoms with Gasteiger partial charge in [0, 0.05) is 13.1 Å². The summed E-state index contributed by atoms with van der Waals surface area (Å²) in [6, 6.07) is 3.69. The second-order valence-electron chi connectivity index (χ2n) is 5.23. The molecule has 1 aliphatic carbocycles. The van der Waals surface area contributed by atoms with Crippen molar-refractivity contribution in [3.8, 4) is 0 Å². The van der Waals surface area contributed by atoms with Crippen LogP contribution in [0, 0.1) is 5.41 Å². The molecule has 18 heavy (non-hydrogen) atoms. The first-order valence-electron chi connectivity index (χ1n) is 6.73. The smallest absolute Gasteiger partial charge is 0.129 e. The highest BCUT2D eigenvalue weighted by Crippen LogP contribution is 2.47. The Hall–Kier alpha value is -0.840. The van der Waals surface area contributed by atoms with Gasteiger partial charge in [-0.25, -0.2) is 0 Å². The Kier molecular flexibility index (Phi) is 4.80. The molecule has 4 nitrogen and oxygen atoms in total. The molecule has 0 spiro atoms. The van der Waals surface area contributed by atoms with E-state index in [1.165, 1.54) is 19.3 Å². The van der Waals surface area contributed by atoms with Crippen LogP contribution < -0.4 is 5.32 Å². The average Bonchev–Trinajstić information content (AvgIpc) is 2.96. The van der Waals surface area contributed by atoms with E-state index in [1.807, 2.05) is 12.1 Å². The molecule has 0 aromatic carbocycles. The van der Waals surface area contributed by atoms with Crippen molar-refractivity contribution in [2.24, 2.45) is 5.41 Å². The van der Waals surface area contributed by atoms with Gasteiger partial charge in [-0.15, -0.1) is 0 Å². The Labute approximate surface area is 108 Å². The van der Waals surface area contributed by atoms with Crippen molar-refractivity contribution in [3.63, 3.8) is 0 Å². The van der Waals surface area contributed by atoms with Crippen LogP contribution in [0.1, 0.15) is 31.9 Å². The second kappa shape index (κ2) is 6.36. The van der Waals surface area contributed by atoms with Crippen LogP contribution in [0.4, 0.5) is 0 Å². The number of furan rings is 1. The maximum Gasteiger partial charge on any atom is 0.129 e. The normalized spacial score (nSPS) is 18.8. The largest absolute Gasteiger partial charge is 0.467 e. The number of ether oxygens (including phenoxy) is 1. The van der Waals surface area contributed by atoms with Crippen molar-refractivity contribution in [2.45, 2.75) is 38.9 Å². The fraction of sp³-hybridized carbons (Fsp3) is 0.714. The standard InChI is InChI=1S/C14H23NO3/c1-2-14(5-6-14)11-15-8-12(16)9-17-10-13-4-3-7-18-13/h3-4,7,12,15-16H,2,5-6,8-11H2,1H3. The lowest BCUT2D eigenvalue weighted by molar-refractivity contribution is 0.0222. The molecule has 1 heterocycles. The predicted molar refractivity (Wildman–Crippen MR) is 69.2 cm³/mol. The van der Waals surface area contributed by atoms with E-state index in [-0.39, 0.29) is 0 Å². The molecule has 1 fully saturated rings. The molecule has 2 rings (SSSR count). The van der Waals surface area contributed by atoms with E-state index in [4.69, 9.17) is 9.15 Å². The fourth-order valence-corrected chi connectivity index (χ4v) is 2.09. The van der Waals surface area contributed by atoms with Crippen LogP contribution in [0.3, 0.4) is 0 Å². The highest BCUT2D eigenvalue weighted by molar-refractivity contribution is 4.96. The summed E-state index contributed by atoms with van der Waals surface area (Å²) in [4.78, 5) is 0. The summed E-state index contributed by atoms with van der Waals surface area (Å²) in [6.07, 6.45) is 5.04. The summed E-state index contributed by atoms with van der Waals surface area (Å²) >= 11 is 0. The summed E-state index contributed by atoms with van der Waals surface area (Å²) in [5.74, 6) is 0.790. The van der Waals surface area contributed by atoms with E-state index < -0.39 is 6.10 Å². The number of hydrogen-bond acceptors (Lipinski definition) is 4. The summed E-state index contributed by atoms with van der Waals surface area (Å²) in [6.45, 7) is 4.60. The first-order valence-corrected chi connectivity index (χ1v) is 6.73. The highest BCUT2D eigenvalue weighted by Gasteiger charge is 2.39. The number of aliphatic hydroxyl groups excluding tert-OH is 1. The molecule has 1 unspecified atom stereocenters. The van der Waals surface area contributed by atoms with Crippen LogP contribution in [-0.2, 0) is 11.3 Å². The third kappa shape index (κ3) is 4.12. The maximum atomic E-state index is 9.75. The number of hydrogen-bond donors (Lipinski definition) is 2. The Bertz CT molecular complexity index is 333. The lowest BCUT2D eigenvalue weighted by Crippen LogP contribution is -2.34. The van der Waals surface area contributed by atoms with Crippen LogP contribution in [-0.4, -0.2) is 30.9 Å². The zero-order valence-corrected chi connectivity index (χ0v) is 11.0. The molecule has 1 atom stereocenters. The number of aliphatic hydroxyl groups is 1. The first kappa shape index (κ1) is 13.6. The van der Waals surface area contributed by atoms with Gasteiger partial charge in [0.15, 0.2) is 0 Å². The van der Waals surface area contributed by atoms with Crippen LogP contribution in [0.25, 0.3) is 0 Å². The van der Waals surface area contributed by atoms with Gasteiger partial charge < -0.3 is 19.6 Å². The van der Waals surface area contributed by atoms with Crippen LogP contribution in [0.5, 0.6) is 0 Å². The third-order valence-corrected chi connectivity index (χ3v) is 3.72. The SMILES string of the molecule is CCC1(CNCC(O)COCc2ccco2)CC1. The van der Waals surface area contributed by atoms with Crippen LogP contribution in [0.15, 0.2) is 22.8 Å².